The molecule has 6 nitrogen and oxygen atoms in total. The van der Waals surface area contributed by atoms with Gasteiger partial charge in [-0.25, -0.2) is 0 Å². The van der Waals surface area contributed by atoms with Gasteiger partial charge in [0.05, 0.1) is 29.1 Å². The number of imide groups is 1. The zero-order valence-electron chi connectivity index (χ0n) is 17.4. The topological polar surface area (TPSA) is 65.1 Å². The number of benzene rings is 2. The number of carbonyl (C=O) groups excluding carboxylic acids is 2. The van der Waals surface area contributed by atoms with Crippen LogP contribution < -0.4 is 14.2 Å². The minimum atomic E-state index is -0.327. The Kier molecular flexibility index (Phi) is 8.43. The van der Waals surface area contributed by atoms with E-state index in [9.17, 15) is 9.59 Å². The van der Waals surface area contributed by atoms with Crippen LogP contribution in [0.1, 0.15) is 25.8 Å². The fourth-order valence-corrected chi connectivity index (χ4v) is 4.33. The number of amides is 2. The molecule has 0 spiro atoms. The second-order valence-corrected chi connectivity index (χ2v) is 8.45. The molecule has 1 fully saturated rings. The second-order valence-electron chi connectivity index (χ2n) is 6.61. The number of carbonyl (C=O) groups is 2. The fraction of sp³-hybridized carbons (Fsp3) is 0.304. The van der Waals surface area contributed by atoms with Gasteiger partial charge in [0.15, 0.2) is 11.5 Å². The van der Waals surface area contributed by atoms with Crippen LogP contribution in [0.5, 0.6) is 17.2 Å². The first kappa shape index (κ1) is 23.2. The van der Waals surface area contributed by atoms with E-state index < -0.39 is 0 Å². The van der Waals surface area contributed by atoms with E-state index in [2.05, 4.69) is 15.9 Å². The Labute approximate surface area is 194 Å². The fourth-order valence-electron chi connectivity index (χ4n) is 2.89. The van der Waals surface area contributed by atoms with Crippen molar-refractivity contribution in [1.29, 1.82) is 0 Å². The molecule has 1 aliphatic rings. The highest BCUT2D eigenvalue weighted by Crippen LogP contribution is 2.39. The lowest BCUT2D eigenvalue weighted by molar-refractivity contribution is -0.123. The maximum absolute atomic E-state index is 12.8. The van der Waals surface area contributed by atoms with Gasteiger partial charge >= 0.3 is 0 Å². The van der Waals surface area contributed by atoms with Crippen LogP contribution in [0, 0.1) is 0 Å². The van der Waals surface area contributed by atoms with Crippen LogP contribution in [0.2, 0.25) is 0 Å². The van der Waals surface area contributed by atoms with Crippen molar-refractivity contribution < 1.29 is 23.8 Å². The quantitative estimate of drug-likeness (QED) is 0.383. The van der Waals surface area contributed by atoms with Gasteiger partial charge in [-0.1, -0.05) is 25.1 Å². The molecule has 1 saturated heterocycles. The predicted molar refractivity (Wildman–Crippen MR) is 126 cm³/mol. The molecule has 164 valence electrons. The third-order valence-corrected chi connectivity index (χ3v) is 5.78. The van der Waals surface area contributed by atoms with Gasteiger partial charge in [-0.2, -0.15) is 0 Å². The van der Waals surface area contributed by atoms with E-state index in [-0.39, 0.29) is 24.3 Å². The summed E-state index contributed by atoms with van der Waals surface area (Å²) in [6, 6.07) is 12.9. The molecule has 2 aromatic carbocycles. The number of nitrogens with zero attached hydrogens (tertiary/aromatic N) is 1. The number of thioether (sulfide) groups is 1. The Morgan fingerprint density at radius 2 is 1.81 bits per heavy atom. The molecule has 0 unspecified atom stereocenters. The predicted octanol–water partition coefficient (Wildman–Crippen LogP) is 5.75. The molecule has 0 atom stereocenters. The molecule has 2 amide bonds. The summed E-state index contributed by atoms with van der Waals surface area (Å²) in [6.07, 6.45) is 2.57. The van der Waals surface area contributed by atoms with Gasteiger partial charge in [0.2, 0.25) is 0 Å². The minimum Gasteiger partial charge on any atom is -0.492 e. The SMILES string of the molecule is CCCOc1c(Br)cc(/C=C2\SC(=O)N(CCOc3ccccc3)C2=O)cc1OCC. The summed E-state index contributed by atoms with van der Waals surface area (Å²) >= 11 is 4.44. The van der Waals surface area contributed by atoms with Crippen LogP contribution in [0.25, 0.3) is 6.08 Å². The van der Waals surface area contributed by atoms with Gasteiger partial charge in [-0.3, -0.25) is 14.5 Å². The number of hydrogen-bond acceptors (Lipinski definition) is 6. The smallest absolute Gasteiger partial charge is 0.293 e. The van der Waals surface area contributed by atoms with Crippen LogP contribution in [0.4, 0.5) is 4.79 Å². The summed E-state index contributed by atoms with van der Waals surface area (Å²) in [5, 5.41) is -0.306. The summed E-state index contributed by atoms with van der Waals surface area (Å²) in [5.74, 6) is 1.59. The van der Waals surface area contributed by atoms with Gasteiger partial charge in [0.25, 0.3) is 11.1 Å². The Morgan fingerprint density at radius 1 is 1.03 bits per heavy atom. The van der Waals surface area contributed by atoms with Gasteiger partial charge in [-0.15, -0.1) is 0 Å². The highest BCUT2D eigenvalue weighted by Gasteiger charge is 2.34. The Bertz CT molecular complexity index is 964. The number of halogens is 1. The monoisotopic (exact) mass is 505 g/mol. The summed E-state index contributed by atoms with van der Waals surface area (Å²) in [7, 11) is 0. The Balaban J connectivity index is 1.72. The average molecular weight is 506 g/mol. The first-order valence-corrected chi connectivity index (χ1v) is 11.7. The lowest BCUT2D eigenvalue weighted by Gasteiger charge is -2.14. The van der Waals surface area contributed by atoms with Crippen molar-refractivity contribution in [2.24, 2.45) is 0 Å². The van der Waals surface area contributed by atoms with Crippen LogP contribution in [-0.2, 0) is 4.79 Å². The van der Waals surface area contributed by atoms with E-state index in [0.29, 0.717) is 35.4 Å². The third-order valence-electron chi connectivity index (χ3n) is 4.28. The van der Waals surface area contributed by atoms with E-state index in [1.165, 1.54) is 4.90 Å². The maximum atomic E-state index is 12.8. The summed E-state index contributed by atoms with van der Waals surface area (Å²) in [4.78, 5) is 26.7. The Hall–Kier alpha value is -2.45. The third kappa shape index (κ3) is 6.04. The number of ether oxygens (including phenoxy) is 3. The van der Waals surface area contributed by atoms with Gasteiger partial charge < -0.3 is 14.2 Å². The zero-order valence-corrected chi connectivity index (χ0v) is 19.8. The van der Waals surface area contributed by atoms with Crippen molar-refractivity contribution in [2.45, 2.75) is 20.3 Å². The average Bonchev–Trinajstić information content (AvgIpc) is 3.01. The van der Waals surface area contributed by atoms with Crippen molar-refractivity contribution in [3.8, 4) is 17.2 Å². The standard InChI is InChI=1S/C23H24BrNO5S/c1-3-11-30-21-18(24)13-16(14-19(21)28-4-2)15-20-22(26)25(23(27)31-20)10-12-29-17-8-6-5-7-9-17/h5-9,13-15H,3-4,10-12H2,1-2H3/b20-15-. The number of rotatable bonds is 10. The zero-order chi connectivity index (χ0) is 22.2. The molecular weight excluding hydrogens is 482 g/mol. The van der Waals surface area contributed by atoms with E-state index in [1.54, 1.807) is 6.08 Å². The van der Waals surface area contributed by atoms with Crippen molar-refractivity contribution >= 4 is 44.9 Å². The van der Waals surface area contributed by atoms with Crippen LogP contribution in [-0.4, -0.2) is 42.4 Å². The highest BCUT2D eigenvalue weighted by molar-refractivity contribution is 9.10. The van der Waals surface area contributed by atoms with Crippen molar-refractivity contribution in [3.05, 3.63) is 57.4 Å². The molecule has 0 aromatic heterocycles. The Morgan fingerprint density at radius 3 is 2.52 bits per heavy atom. The number of hydrogen-bond donors (Lipinski definition) is 0. The minimum absolute atomic E-state index is 0.189. The van der Waals surface area contributed by atoms with Gasteiger partial charge in [-0.05, 0) is 76.9 Å². The summed E-state index contributed by atoms with van der Waals surface area (Å²) < 4.78 is 17.8. The van der Waals surface area contributed by atoms with Crippen molar-refractivity contribution in [3.63, 3.8) is 0 Å². The van der Waals surface area contributed by atoms with E-state index >= 15 is 0 Å². The van der Waals surface area contributed by atoms with Crippen LogP contribution in [0.15, 0.2) is 51.8 Å². The number of para-hydroxylation sites is 1. The van der Waals surface area contributed by atoms with E-state index in [4.69, 9.17) is 14.2 Å². The second kappa shape index (κ2) is 11.2. The molecular formula is C23H24BrNO5S. The van der Waals surface area contributed by atoms with Gasteiger partial charge in [0.1, 0.15) is 12.4 Å². The van der Waals surface area contributed by atoms with Gasteiger partial charge in [0, 0.05) is 0 Å². The molecule has 0 saturated carbocycles. The molecule has 1 aliphatic heterocycles. The maximum Gasteiger partial charge on any atom is 0.293 e. The molecule has 31 heavy (non-hydrogen) atoms. The molecule has 8 heteroatoms. The molecule has 0 bridgehead atoms. The molecule has 2 aromatic rings. The van der Waals surface area contributed by atoms with Crippen LogP contribution >= 0.6 is 27.7 Å². The largest absolute Gasteiger partial charge is 0.492 e. The summed E-state index contributed by atoms with van der Waals surface area (Å²) in [5.41, 5.74) is 0.741. The van der Waals surface area contributed by atoms with Crippen LogP contribution in [0.3, 0.4) is 0 Å². The van der Waals surface area contributed by atoms with E-state index in [0.717, 1.165) is 28.2 Å². The van der Waals surface area contributed by atoms with E-state index in [1.807, 2.05) is 56.3 Å². The van der Waals surface area contributed by atoms with Crippen molar-refractivity contribution in [2.75, 3.05) is 26.4 Å². The lowest BCUT2D eigenvalue weighted by atomic mass is 10.2. The lowest BCUT2D eigenvalue weighted by Crippen LogP contribution is -2.32. The first-order chi connectivity index (χ1) is 15.0. The molecule has 0 N–H and O–H groups in total. The molecule has 0 radical (unpaired) electrons. The normalized spacial score (nSPS) is 14.9. The molecule has 0 aliphatic carbocycles. The first-order valence-electron chi connectivity index (χ1n) is 10.1. The molecule has 3 rings (SSSR count). The highest BCUT2D eigenvalue weighted by atomic mass is 79.9. The summed E-state index contributed by atoms with van der Waals surface area (Å²) in [6.45, 7) is 5.41. The van der Waals surface area contributed by atoms with Crippen molar-refractivity contribution in [1.82, 2.24) is 4.90 Å². The molecule has 1 heterocycles.